The van der Waals surface area contributed by atoms with E-state index in [0.717, 1.165) is 22.3 Å². The molecule has 0 saturated heterocycles. The lowest BCUT2D eigenvalue weighted by Crippen LogP contribution is -2.39. The maximum Gasteiger partial charge on any atom is 0.224 e. The van der Waals surface area contributed by atoms with Crippen LogP contribution >= 0.6 is 0 Å². The first-order chi connectivity index (χ1) is 16.1. The highest BCUT2D eigenvalue weighted by atomic mass is 16.3. The summed E-state index contributed by atoms with van der Waals surface area (Å²) < 4.78 is 0. The number of nitrogens with one attached hydrogen (secondary N) is 1. The molecule has 1 aliphatic carbocycles. The Morgan fingerprint density at radius 2 is 1.42 bits per heavy atom. The molecule has 0 heterocycles. The van der Waals surface area contributed by atoms with Gasteiger partial charge in [0.05, 0.1) is 18.2 Å². The monoisotopic (exact) mass is 445 g/mol. The largest absolute Gasteiger partial charge is 0.393 e. The van der Waals surface area contributed by atoms with Gasteiger partial charge in [-0.25, -0.2) is 0 Å². The molecule has 33 heavy (non-hydrogen) atoms. The Bertz CT molecular complexity index is 990. The SMILES string of the molecule is CC.O=C(N[C@H]1c2ccccc2C[C@H]1O)[C@H](Cc1ccccc1)C[C@H](O)Cc1ccccc1. The molecule has 0 saturated carbocycles. The van der Waals surface area contributed by atoms with Gasteiger partial charge in [0.25, 0.3) is 0 Å². The van der Waals surface area contributed by atoms with Crippen LogP contribution in [0.5, 0.6) is 0 Å². The summed E-state index contributed by atoms with van der Waals surface area (Å²) in [5, 5.41) is 24.4. The molecule has 4 rings (SSSR count). The van der Waals surface area contributed by atoms with Gasteiger partial charge < -0.3 is 15.5 Å². The third-order valence-electron chi connectivity index (χ3n) is 6.07. The second-order valence-corrected chi connectivity index (χ2v) is 8.42. The van der Waals surface area contributed by atoms with E-state index in [9.17, 15) is 15.0 Å². The lowest BCUT2D eigenvalue weighted by Gasteiger charge is -2.24. The van der Waals surface area contributed by atoms with Gasteiger partial charge in [-0.05, 0) is 41.5 Å². The van der Waals surface area contributed by atoms with E-state index in [1.54, 1.807) is 0 Å². The molecule has 1 aliphatic rings. The number of benzene rings is 3. The molecule has 4 heteroatoms. The zero-order valence-corrected chi connectivity index (χ0v) is 19.5. The van der Waals surface area contributed by atoms with Crippen LogP contribution in [0.1, 0.15) is 48.6 Å². The standard InChI is InChI=1S/C27H29NO3.C2H6/c29-23(16-20-11-5-2-6-12-20)17-22(15-19-9-3-1-4-10-19)27(31)28-26-24-14-8-7-13-21(24)18-25(26)30;1-2/h1-14,22-23,25-26,29-30H,15-18H2,(H,28,31);1-2H3/t22-,23-,25-,26+;/m1./s1. The zero-order valence-electron chi connectivity index (χ0n) is 19.5. The molecular formula is C29H35NO3. The first-order valence-electron chi connectivity index (χ1n) is 11.9. The molecule has 174 valence electrons. The van der Waals surface area contributed by atoms with Crippen LogP contribution in [0.3, 0.4) is 0 Å². The number of hydrogen-bond donors (Lipinski definition) is 3. The van der Waals surface area contributed by atoms with Crippen molar-refractivity contribution in [2.45, 2.75) is 57.8 Å². The lowest BCUT2D eigenvalue weighted by atomic mass is 9.90. The first kappa shape index (κ1) is 24.7. The topological polar surface area (TPSA) is 69.6 Å². The van der Waals surface area contributed by atoms with Gasteiger partial charge in [-0.1, -0.05) is 98.8 Å². The van der Waals surface area contributed by atoms with Gasteiger partial charge >= 0.3 is 0 Å². The molecule has 0 unspecified atom stereocenters. The molecule has 0 aromatic heterocycles. The second kappa shape index (κ2) is 12.3. The summed E-state index contributed by atoms with van der Waals surface area (Å²) in [6.07, 6.45) is 0.703. The fourth-order valence-electron chi connectivity index (χ4n) is 4.50. The van der Waals surface area contributed by atoms with Gasteiger partial charge in [0.2, 0.25) is 5.91 Å². The van der Waals surface area contributed by atoms with Crippen LogP contribution in [0.25, 0.3) is 0 Å². The number of carbonyl (C=O) groups excluding carboxylic acids is 1. The quantitative estimate of drug-likeness (QED) is 0.473. The lowest BCUT2D eigenvalue weighted by molar-refractivity contribution is -0.127. The molecule has 3 aromatic carbocycles. The Labute approximate surface area is 197 Å². The van der Waals surface area contributed by atoms with E-state index in [1.165, 1.54) is 0 Å². The average Bonchev–Trinajstić information content (AvgIpc) is 3.16. The van der Waals surface area contributed by atoms with Gasteiger partial charge in [-0.3, -0.25) is 4.79 Å². The fourth-order valence-corrected chi connectivity index (χ4v) is 4.50. The Kier molecular flexibility index (Phi) is 9.23. The number of carbonyl (C=O) groups is 1. The van der Waals surface area contributed by atoms with Crippen molar-refractivity contribution in [2.24, 2.45) is 5.92 Å². The van der Waals surface area contributed by atoms with Crippen LogP contribution in [-0.2, 0) is 24.1 Å². The molecule has 4 nitrogen and oxygen atoms in total. The van der Waals surface area contributed by atoms with Gasteiger partial charge in [0.1, 0.15) is 0 Å². The van der Waals surface area contributed by atoms with Crippen LogP contribution in [0.4, 0.5) is 0 Å². The average molecular weight is 446 g/mol. The second-order valence-electron chi connectivity index (χ2n) is 8.42. The molecule has 0 spiro atoms. The number of aliphatic hydroxyl groups is 2. The summed E-state index contributed by atoms with van der Waals surface area (Å²) in [7, 11) is 0. The van der Waals surface area contributed by atoms with Crippen molar-refractivity contribution >= 4 is 5.91 Å². The van der Waals surface area contributed by atoms with Crippen molar-refractivity contribution in [3.05, 3.63) is 107 Å². The van der Waals surface area contributed by atoms with E-state index in [2.05, 4.69) is 5.32 Å². The minimum absolute atomic E-state index is 0.128. The number of amides is 1. The maximum absolute atomic E-state index is 13.3. The van der Waals surface area contributed by atoms with Gasteiger partial charge in [-0.15, -0.1) is 0 Å². The Morgan fingerprint density at radius 3 is 2.06 bits per heavy atom. The summed E-state index contributed by atoms with van der Waals surface area (Å²) in [5.74, 6) is -0.516. The maximum atomic E-state index is 13.3. The first-order valence-corrected chi connectivity index (χ1v) is 11.9. The number of aliphatic hydroxyl groups excluding tert-OH is 2. The molecular weight excluding hydrogens is 410 g/mol. The number of fused-ring (bicyclic) bond motifs is 1. The summed E-state index contributed by atoms with van der Waals surface area (Å²) in [5.41, 5.74) is 4.16. The van der Waals surface area contributed by atoms with E-state index in [0.29, 0.717) is 25.7 Å². The summed E-state index contributed by atoms with van der Waals surface area (Å²) >= 11 is 0. The molecule has 0 fully saturated rings. The van der Waals surface area contributed by atoms with Crippen molar-refractivity contribution in [2.75, 3.05) is 0 Å². The van der Waals surface area contributed by atoms with Crippen LogP contribution in [0.2, 0.25) is 0 Å². The van der Waals surface area contributed by atoms with Crippen molar-refractivity contribution in [1.29, 1.82) is 0 Å². The predicted molar refractivity (Wildman–Crippen MR) is 133 cm³/mol. The summed E-state index contributed by atoms with van der Waals surface area (Å²) in [4.78, 5) is 13.3. The van der Waals surface area contributed by atoms with Crippen LogP contribution in [-0.4, -0.2) is 28.3 Å². The highest BCUT2D eigenvalue weighted by molar-refractivity contribution is 5.79. The molecule has 3 aromatic rings. The number of hydrogen-bond acceptors (Lipinski definition) is 3. The molecule has 0 aliphatic heterocycles. The molecule has 0 radical (unpaired) electrons. The van der Waals surface area contributed by atoms with E-state index >= 15 is 0 Å². The Balaban J connectivity index is 0.00000149. The molecule has 1 amide bonds. The Hall–Kier alpha value is -2.95. The highest BCUT2D eigenvalue weighted by Crippen LogP contribution is 2.32. The van der Waals surface area contributed by atoms with Gasteiger partial charge in [0, 0.05) is 12.3 Å². The molecule has 4 atom stereocenters. The van der Waals surface area contributed by atoms with E-state index < -0.39 is 18.2 Å². The summed E-state index contributed by atoms with van der Waals surface area (Å²) in [6.45, 7) is 4.00. The van der Waals surface area contributed by atoms with E-state index in [1.807, 2.05) is 98.8 Å². The smallest absolute Gasteiger partial charge is 0.224 e. The van der Waals surface area contributed by atoms with Crippen molar-refractivity contribution in [3.63, 3.8) is 0 Å². The van der Waals surface area contributed by atoms with Crippen molar-refractivity contribution in [1.82, 2.24) is 5.32 Å². The third kappa shape index (κ3) is 6.77. The minimum Gasteiger partial charge on any atom is -0.393 e. The van der Waals surface area contributed by atoms with E-state index in [-0.39, 0.29) is 11.8 Å². The van der Waals surface area contributed by atoms with Crippen LogP contribution < -0.4 is 5.32 Å². The van der Waals surface area contributed by atoms with Gasteiger partial charge in [-0.2, -0.15) is 0 Å². The predicted octanol–water partition coefficient (Wildman–Crippen LogP) is 4.64. The van der Waals surface area contributed by atoms with Crippen LogP contribution in [0.15, 0.2) is 84.9 Å². The molecule has 0 bridgehead atoms. The van der Waals surface area contributed by atoms with Crippen LogP contribution in [0, 0.1) is 5.92 Å². The Morgan fingerprint density at radius 1 is 0.879 bits per heavy atom. The summed E-state index contributed by atoms with van der Waals surface area (Å²) in [6, 6.07) is 27.1. The van der Waals surface area contributed by atoms with Crippen molar-refractivity contribution < 1.29 is 15.0 Å². The number of rotatable bonds is 8. The normalized spacial score (nSPS) is 18.4. The zero-order chi connectivity index (χ0) is 23.6. The van der Waals surface area contributed by atoms with E-state index in [4.69, 9.17) is 0 Å². The van der Waals surface area contributed by atoms with Gasteiger partial charge in [0.15, 0.2) is 0 Å². The third-order valence-corrected chi connectivity index (χ3v) is 6.07. The molecule has 3 N–H and O–H groups in total. The highest BCUT2D eigenvalue weighted by Gasteiger charge is 2.34. The van der Waals surface area contributed by atoms with Crippen molar-refractivity contribution in [3.8, 4) is 0 Å². The minimum atomic E-state index is -0.632. The fraction of sp³-hybridized carbons (Fsp3) is 0.345.